The fraction of sp³-hybridized carbons (Fsp3) is 0.433. The van der Waals surface area contributed by atoms with Gasteiger partial charge in [-0.15, -0.1) is 0 Å². The van der Waals surface area contributed by atoms with Gasteiger partial charge in [0.05, 0.1) is 43.8 Å². The average Bonchev–Trinajstić information content (AvgIpc) is 3.55. The number of benzene rings is 2. The van der Waals surface area contributed by atoms with E-state index in [0.717, 1.165) is 17.7 Å². The molecule has 2 aliphatic rings. The highest BCUT2D eigenvalue weighted by Gasteiger charge is 2.58. The second kappa shape index (κ2) is 11.8. The van der Waals surface area contributed by atoms with Crippen molar-refractivity contribution in [2.75, 3.05) is 0 Å². The van der Waals surface area contributed by atoms with E-state index in [9.17, 15) is 18.0 Å². The highest BCUT2D eigenvalue weighted by molar-refractivity contribution is 6.30. The second-order valence-corrected chi connectivity index (χ2v) is 11.2. The summed E-state index contributed by atoms with van der Waals surface area (Å²) in [6.07, 6.45) is -4.56. The van der Waals surface area contributed by atoms with Gasteiger partial charge >= 0.3 is 6.18 Å². The molecule has 220 valence electrons. The van der Waals surface area contributed by atoms with Gasteiger partial charge in [-0.25, -0.2) is 0 Å². The summed E-state index contributed by atoms with van der Waals surface area (Å²) < 4.78 is 70.2. The summed E-state index contributed by atoms with van der Waals surface area (Å²) in [7, 11) is 0. The molecule has 0 spiro atoms. The number of alkyl halides is 3. The van der Waals surface area contributed by atoms with Crippen LogP contribution in [0.25, 0.3) is 0 Å². The zero-order valence-corrected chi connectivity index (χ0v) is 23.3. The minimum atomic E-state index is -4.48. The number of amides is 1. The highest BCUT2D eigenvalue weighted by atomic mass is 35.5. The van der Waals surface area contributed by atoms with Crippen LogP contribution >= 0.6 is 11.6 Å². The van der Waals surface area contributed by atoms with Crippen molar-refractivity contribution < 1.29 is 41.3 Å². The third kappa shape index (κ3) is 7.13. The molecule has 4 atom stereocenters. The molecule has 0 bridgehead atoms. The average molecular weight is 594 g/mol. The first-order valence-corrected chi connectivity index (χ1v) is 13.6. The van der Waals surface area contributed by atoms with Gasteiger partial charge in [0.1, 0.15) is 11.9 Å². The van der Waals surface area contributed by atoms with Crippen molar-refractivity contribution in [3.8, 4) is 0 Å². The summed E-state index contributed by atoms with van der Waals surface area (Å²) >= 11 is 6.16. The van der Waals surface area contributed by atoms with Gasteiger partial charge in [-0.3, -0.25) is 4.79 Å². The molecule has 1 aromatic heterocycles. The van der Waals surface area contributed by atoms with Gasteiger partial charge in [-0.2, -0.15) is 13.2 Å². The Bertz CT molecular complexity index is 1350. The van der Waals surface area contributed by atoms with Crippen LogP contribution in [-0.2, 0) is 49.7 Å². The van der Waals surface area contributed by atoms with Crippen LogP contribution in [0.4, 0.5) is 13.2 Å². The lowest BCUT2D eigenvalue weighted by atomic mass is 9.78. The van der Waals surface area contributed by atoms with Crippen LogP contribution in [0.5, 0.6) is 0 Å². The minimum Gasteiger partial charge on any atom is -0.467 e. The fourth-order valence-corrected chi connectivity index (χ4v) is 5.55. The summed E-state index contributed by atoms with van der Waals surface area (Å²) in [5.41, 5.74) is -1.06. The van der Waals surface area contributed by atoms with Gasteiger partial charge in [0.15, 0.2) is 11.4 Å². The molecule has 1 amide bonds. The maximum atomic E-state index is 13.8. The molecule has 2 heterocycles. The Morgan fingerprint density at radius 1 is 1.02 bits per heavy atom. The maximum absolute atomic E-state index is 13.8. The fourth-order valence-electron chi connectivity index (χ4n) is 5.34. The number of furan rings is 1. The van der Waals surface area contributed by atoms with Crippen molar-refractivity contribution in [2.24, 2.45) is 0 Å². The van der Waals surface area contributed by atoms with Crippen LogP contribution in [0.1, 0.15) is 49.1 Å². The number of carbonyl (C=O) groups excluding carboxylic acids is 1. The van der Waals surface area contributed by atoms with Gasteiger partial charge in [-0.1, -0.05) is 35.9 Å². The molecule has 2 fully saturated rings. The third-order valence-electron chi connectivity index (χ3n) is 7.19. The molecule has 41 heavy (non-hydrogen) atoms. The van der Waals surface area contributed by atoms with Crippen LogP contribution in [0.2, 0.25) is 5.02 Å². The number of rotatable bonds is 9. The molecule has 1 N–H and O–H groups in total. The first-order chi connectivity index (χ1) is 19.4. The first-order valence-electron chi connectivity index (χ1n) is 13.2. The second-order valence-electron chi connectivity index (χ2n) is 10.8. The van der Waals surface area contributed by atoms with Gasteiger partial charge in [0, 0.05) is 17.9 Å². The van der Waals surface area contributed by atoms with Gasteiger partial charge in [0.25, 0.3) is 5.91 Å². The third-order valence-corrected chi connectivity index (χ3v) is 7.42. The Balaban J connectivity index is 1.41. The molecule has 1 aliphatic carbocycles. The lowest BCUT2D eigenvalue weighted by Crippen LogP contribution is -2.59. The smallest absolute Gasteiger partial charge is 0.416 e. The Kier molecular flexibility index (Phi) is 8.50. The summed E-state index contributed by atoms with van der Waals surface area (Å²) in [6, 6.07) is 15.5. The van der Waals surface area contributed by atoms with Gasteiger partial charge in [0.2, 0.25) is 0 Å². The van der Waals surface area contributed by atoms with Crippen LogP contribution in [0.15, 0.2) is 71.3 Å². The Labute approximate surface area is 240 Å². The van der Waals surface area contributed by atoms with Crippen molar-refractivity contribution in [1.29, 1.82) is 0 Å². The zero-order valence-electron chi connectivity index (χ0n) is 22.6. The summed E-state index contributed by atoms with van der Waals surface area (Å²) in [5.74, 6) is -0.785. The van der Waals surface area contributed by atoms with E-state index in [1.807, 2.05) is 6.07 Å². The predicted molar refractivity (Wildman–Crippen MR) is 143 cm³/mol. The number of nitrogens with one attached hydrogen (secondary N) is 1. The molecule has 11 heteroatoms. The predicted octanol–water partition coefficient (Wildman–Crippen LogP) is 6.42. The Morgan fingerprint density at radius 3 is 2.49 bits per heavy atom. The van der Waals surface area contributed by atoms with Gasteiger partial charge in [-0.05, 0) is 61.4 Å². The molecule has 1 unspecified atom stereocenters. The van der Waals surface area contributed by atoms with E-state index >= 15 is 0 Å². The number of hydrogen-bond donors (Lipinski definition) is 1. The first kappa shape index (κ1) is 29.6. The molecule has 0 radical (unpaired) electrons. The number of hydrogen-bond acceptors (Lipinski definition) is 6. The molecule has 1 saturated heterocycles. The summed E-state index contributed by atoms with van der Waals surface area (Å²) in [5, 5.41) is 3.43. The highest BCUT2D eigenvalue weighted by Crippen LogP contribution is 2.44. The van der Waals surface area contributed by atoms with Crippen LogP contribution < -0.4 is 5.32 Å². The molecule has 1 aliphatic heterocycles. The number of carbonyl (C=O) groups is 1. The van der Waals surface area contributed by atoms with Crippen molar-refractivity contribution in [1.82, 2.24) is 5.32 Å². The van der Waals surface area contributed by atoms with Crippen molar-refractivity contribution >= 4 is 17.5 Å². The zero-order chi connectivity index (χ0) is 29.3. The molecule has 2 aromatic carbocycles. The standard InChI is InChI=1S/C30H31ClF3NO6/c1-28(2)40-25-15-29(27(36)35-16-23-10-5-11-37-23,39-18-20-7-4-9-22(31)13-20)14-24(26(25)41-28)38-17-19-6-3-8-21(12-19)30(32,33)34/h3-13,24-26H,14-18H2,1-2H3,(H,35,36)/t24?,25-,26+,29-/m1/s1. The molecular formula is C30H31ClF3NO6. The molecule has 7 nitrogen and oxygen atoms in total. The van der Waals surface area contributed by atoms with E-state index in [1.54, 1.807) is 50.2 Å². The van der Waals surface area contributed by atoms with Crippen molar-refractivity contribution in [3.05, 3.63) is 94.4 Å². The van der Waals surface area contributed by atoms with E-state index in [-0.39, 0.29) is 32.6 Å². The molecule has 1 saturated carbocycles. The lowest BCUT2D eigenvalue weighted by Gasteiger charge is -2.43. The van der Waals surface area contributed by atoms with Crippen molar-refractivity contribution in [3.63, 3.8) is 0 Å². The maximum Gasteiger partial charge on any atom is 0.416 e. The lowest BCUT2D eigenvalue weighted by molar-refractivity contribution is -0.183. The molecule has 3 aromatic rings. The van der Waals surface area contributed by atoms with E-state index in [1.165, 1.54) is 12.3 Å². The van der Waals surface area contributed by atoms with E-state index in [2.05, 4.69) is 5.32 Å². The topological polar surface area (TPSA) is 79.2 Å². The number of fused-ring (bicyclic) bond motifs is 1. The SMILES string of the molecule is CC1(C)O[C@@H]2C[C@@](OCc3cccc(Cl)c3)(C(=O)NCc3ccco3)CC(OCc3cccc(C(F)(F)F)c3)[C@@H]2O1. The van der Waals surface area contributed by atoms with Crippen LogP contribution in [-0.4, -0.2) is 35.6 Å². The molecule has 5 rings (SSSR count). The monoisotopic (exact) mass is 593 g/mol. The molecular weight excluding hydrogens is 563 g/mol. The minimum absolute atomic E-state index is 0.0801. The normalized spacial score (nSPS) is 25.6. The summed E-state index contributed by atoms with van der Waals surface area (Å²) in [6.45, 7) is 3.62. The van der Waals surface area contributed by atoms with Gasteiger partial charge < -0.3 is 28.7 Å². The summed E-state index contributed by atoms with van der Waals surface area (Å²) in [4.78, 5) is 13.8. The van der Waals surface area contributed by atoms with E-state index in [4.69, 9.17) is 35.0 Å². The Hall–Kier alpha value is -2.89. The largest absolute Gasteiger partial charge is 0.467 e. The number of ether oxygens (including phenoxy) is 4. The van der Waals surface area contributed by atoms with E-state index < -0.39 is 47.3 Å². The van der Waals surface area contributed by atoms with Crippen molar-refractivity contribution in [2.45, 2.75) is 82.3 Å². The number of halogens is 4. The van der Waals surface area contributed by atoms with E-state index in [0.29, 0.717) is 16.3 Å². The Morgan fingerprint density at radius 2 is 1.78 bits per heavy atom. The van der Waals surface area contributed by atoms with Crippen LogP contribution in [0.3, 0.4) is 0 Å². The quantitative estimate of drug-likeness (QED) is 0.308. The van der Waals surface area contributed by atoms with Crippen LogP contribution in [0, 0.1) is 0 Å².